The molecule has 0 aliphatic rings. The van der Waals surface area contributed by atoms with Gasteiger partial charge in [-0.1, -0.05) is 0 Å². The maximum Gasteiger partial charge on any atom is 0.123 e. The summed E-state index contributed by atoms with van der Waals surface area (Å²) in [7, 11) is 3.35. The minimum atomic E-state index is 0.547. The average Bonchev–Trinajstić information content (AvgIpc) is 2.61. The summed E-state index contributed by atoms with van der Waals surface area (Å²) in [6.07, 6.45) is 3.72. The van der Waals surface area contributed by atoms with E-state index in [1.165, 1.54) is 0 Å². The molecule has 0 radical (unpaired) electrons. The second-order valence-electron chi connectivity index (χ2n) is 2.97. The number of hydrogen-bond donors (Lipinski definition) is 1. The van der Waals surface area contributed by atoms with Crippen LogP contribution >= 0.6 is 0 Å². The Kier molecular flexibility index (Phi) is 5.21. The van der Waals surface area contributed by atoms with Crippen LogP contribution in [-0.2, 0) is 22.7 Å². The minimum Gasteiger partial charge on any atom is -0.383 e. The van der Waals surface area contributed by atoms with Crippen LogP contribution in [0.5, 0.6) is 0 Å². The summed E-state index contributed by atoms with van der Waals surface area (Å²) < 4.78 is 11.8. The Morgan fingerprint density at radius 1 is 1.43 bits per heavy atom. The summed E-state index contributed by atoms with van der Waals surface area (Å²) in [6, 6.07) is 0. The first-order chi connectivity index (χ1) is 6.86. The molecule has 1 aromatic heterocycles. The van der Waals surface area contributed by atoms with Crippen LogP contribution in [-0.4, -0.2) is 36.9 Å². The molecular weight excluding hydrogens is 182 g/mol. The number of hydrogen-bond acceptors (Lipinski definition) is 4. The number of methoxy groups -OCH3 is 2. The third-order valence-corrected chi connectivity index (χ3v) is 1.75. The van der Waals surface area contributed by atoms with Gasteiger partial charge in [0.05, 0.1) is 18.6 Å². The SMILES string of the molecule is COCCNCc1cn(COC)cn1. The monoisotopic (exact) mass is 199 g/mol. The van der Waals surface area contributed by atoms with Crippen molar-refractivity contribution >= 4 is 0 Å². The zero-order chi connectivity index (χ0) is 10.2. The first kappa shape index (κ1) is 11.2. The van der Waals surface area contributed by atoms with Crippen LogP contribution in [0.25, 0.3) is 0 Å². The highest BCUT2D eigenvalue weighted by Gasteiger charge is 1.97. The highest BCUT2D eigenvalue weighted by atomic mass is 16.5. The van der Waals surface area contributed by atoms with E-state index in [1.54, 1.807) is 20.5 Å². The topological polar surface area (TPSA) is 48.3 Å². The largest absolute Gasteiger partial charge is 0.383 e. The summed E-state index contributed by atoms with van der Waals surface area (Å²) in [4.78, 5) is 4.21. The zero-order valence-electron chi connectivity index (χ0n) is 8.69. The van der Waals surface area contributed by atoms with Crippen LogP contribution in [0.1, 0.15) is 5.69 Å². The third-order valence-electron chi connectivity index (χ3n) is 1.75. The van der Waals surface area contributed by atoms with Crippen molar-refractivity contribution in [3.8, 4) is 0 Å². The van der Waals surface area contributed by atoms with Crippen LogP contribution in [0.3, 0.4) is 0 Å². The van der Waals surface area contributed by atoms with E-state index >= 15 is 0 Å². The van der Waals surface area contributed by atoms with E-state index in [9.17, 15) is 0 Å². The molecule has 0 saturated carbocycles. The number of rotatable bonds is 7. The number of ether oxygens (including phenoxy) is 2. The van der Waals surface area contributed by atoms with Gasteiger partial charge in [-0.3, -0.25) is 0 Å². The molecule has 0 fully saturated rings. The molecule has 80 valence electrons. The maximum atomic E-state index is 4.97. The zero-order valence-corrected chi connectivity index (χ0v) is 8.69. The quantitative estimate of drug-likeness (QED) is 0.638. The fourth-order valence-electron chi connectivity index (χ4n) is 1.11. The first-order valence-electron chi connectivity index (χ1n) is 4.56. The van der Waals surface area contributed by atoms with Crippen molar-refractivity contribution in [3.05, 3.63) is 18.2 Å². The molecule has 0 spiro atoms. The molecule has 0 amide bonds. The van der Waals surface area contributed by atoms with E-state index in [0.29, 0.717) is 6.73 Å². The van der Waals surface area contributed by atoms with E-state index in [4.69, 9.17) is 9.47 Å². The number of nitrogens with one attached hydrogen (secondary N) is 1. The predicted molar refractivity (Wildman–Crippen MR) is 52.8 cm³/mol. The van der Waals surface area contributed by atoms with Crippen LogP contribution in [0.4, 0.5) is 0 Å². The van der Waals surface area contributed by atoms with Crippen molar-refractivity contribution in [1.29, 1.82) is 0 Å². The summed E-state index contributed by atoms with van der Waals surface area (Å²) in [5.74, 6) is 0. The second kappa shape index (κ2) is 6.53. The van der Waals surface area contributed by atoms with Crippen molar-refractivity contribution < 1.29 is 9.47 Å². The van der Waals surface area contributed by atoms with Gasteiger partial charge in [-0.15, -0.1) is 0 Å². The maximum absolute atomic E-state index is 4.97. The van der Waals surface area contributed by atoms with Gasteiger partial charge in [-0.05, 0) is 0 Å². The summed E-state index contributed by atoms with van der Waals surface area (Å²) in [6.45, 7) is 2.87. The molecule has 0 aromatic carbocycles. The molecule has 1 rings (SSSR count). The van der Waals surface area contributed by atoms with Gasteiger partial charge in [0.25, 0.3) is 0 Å². The Hall–Kier alpha value is -0.910. The van der Waals surface area contributed by atoms with E-state index in [-0.39, 0.29) is 0 Å². The van der Waals surface area contributed by atoms with Gasteiger partial charge in [-0.2, -0.15) is 0 Å². The fraction of sp³-hybridized carbons (Fsp3) is 0.667. The Morgan fingerprint density at radius 2 is 2.29 bits per heavy atom. The van der Waals surface area contributed by atoms with Gasteiger partial charge in [0, 0.05) is 33.5 Å². The van der Waals surface area contributed by atoms with E-state index in [0.717, 1.165) is 25.4 Å². The Balaban J connectivity index is 2.22. The van der Waals surface area contributed by atoms with Gasteiger partial charge in [-0.25, -0.2) is 4.98 Å². The van der Waals surface area contributed by atoms with Crippen LogP contribution in [0, 0.1) is 0 Å². The Bertz CT molecular complexity index is 250. The van der Waals surface area contributed by atoms with Gasteiger partial charge in [0.15, 0.2) is 0 Å². The molecule has 0 aliphatic carbocycles. The number of aromatic nitrogens is 2. The molecule has 0 atom stereocenters. The van der Waals surface area contributed by atoms with Gasteiger partial charge in [0.1, 0.15) is 6.73 Å². The normalized spacial score (nSPS) is 10.7. The second-order valence-corrected chi connectivity index (χ2v) is 2.97. The van der Waals surface area contributed by atoms with Crippen molar-refractivity contribution in [2.75, 3.05) is 27.4 Å². The molecule has 5 heteroatoms. The summed E-state index contributed by atoms with van der Waals surface area (Å²) >= 11 is 0. The third kappa shape index (κ3) is 3.87. The molecule has 1 N–H and O–H groups in total. The van der Waals surface area contributed by atoms with Crippen LogP contribution in [0.2, 0.25) is 0 Å². The smallest absolute Gasteiger partial charge is 0.123 e. The molecular formula is C9H17N3O2. The standard InChI is InChI=1S/C9H17N3O2/c1-13-4-3-10-5-9-6-12(7-11-9)8-14-2/h6-7,10H,3-5,8H2,1-2H3. The average molecular weight is 199 g/mol. The number of nitrogens with zero attached hydrogens (tertiary/aromatic N) is 2. The van der Waals surface area contributed by atoms with Crippen LogP contribution < -0.4 is 5.32 Å². The first-order valence-corrected chi connectivity index (χ1v) is 4.56. The molecule has 1 heterocycles. The molecule has 1 aromatic rings. The molecule has 0 bridgehead atoms. The lowest BCUT2D eigenvalue weighted by Crippen LogP contribution is -2.18. The lowest BCUT2D eigenvalue weighted by atomic mass is 10.4. The summed E-state index contributed by atoms with van der Waals surface area (Å²) in [5.41, 5.74) is 1.01. The number of imidazole rings is 1. The molecule has 14 heavy (non-hydrogen) atoms. The van der Waals surface area contributed by atoms with Crippen molar-refractivity contribution in [1.82, 2.24) is 14.9 Å². The van der Waals surface area contributed by atoms with E-state index in [2.05, 4.69) is 10.3 Å². The summed E-state index contributed by atoms with van der Waals surface area (Å²) in [5, 5.41) is 3.22. The van der Waals surface area contributed by atoms with E-state index < -0.39 is 0 Å². The van der Waals surface area contributed by atoms with Gasteiger partial charge < -0.3 is 19.4 Å². The molecule has 0 unspecified atom stereocenters. The predicted octanol–water partition coefficient (Wildman–Crippen LogP) is 0.223. The molecule has 5 nitrogen and oxygen atoms in total. The van der Waals surface area contributed by atoms with Crippen molar-refractivity contribution in [2.45, 2.75) is 13.3 Å². The molecule has 0 saturated heterocycles. The molecule has 0 aliphatic heterocycles. The highest BCUT2D eigenvalue weighted by Crippen LogP contribution is 1.95. The minimum absolute atomic E-state index is 0.547. The van der Waals surface area contributed by atoms with Gasteiger partial charge in [0.2, 0.25) is 0 Å². The Labute approximate surface area is 84.0 Å². The lowest BCUT2D eigenvalue weighted by Gasteiger charge is -2.00. The highest BCUT2D eigenvalue weighted by molar-refractivity contribution is 4.95. The van der Waals surface area contributed by atoms with Gasteiger partial charge >= 0.3 is 0 Å². The van der Waals surface area contributed by atoms with Crippen molar-refractivity contribution in [3.63, 3.8) is 0 Å². The lowest BCUT2D eigenvalue weighted by molar-refractivity contribution is 0.131. The van der Waals surface area contributed by atoms with Crippen molar-refractivity contribution in [2.24, 2.45) is 0 Å². The van der Waals surface area contributed by atoms with Crippen LogP contribution in [0.15, 0.2) is 12.5 Å². The Morgan fingerprint density at radius 3 is 3.00 bits per heavy atom. The fourth-order valence-corrected chi connectivity index (χ4v) is 1.11. The van der Waals surface area contributed by atoms with E-state index in [1.807, 2.05) is 10.8 Å².